The van der Waals surface area contributed by atoms with Crippen molar-refractivity contribution in [3.63, 3.8) is 0 Å². The van der Waals surface area contributed by atoms with Crippen LogP contribution in [0.25, 0.3) is 10.4 Å². The van der Waals surface area contributed by atoms with Crippen LogP contribution in [0, 0.1) is 0 Å². The molecule has 70 valence electrons. The van der Waals surface area contributed by atoms with Crippen molar-refractivity contribution in [2.45, 2.75) is 0 Å². The smallest absolute Gasteiger partial charge is 0.273 e. The molecule has 0 atom stereocenters. The Balaban J connectivity index is 3.07. The van der Waals surface area contributed by atoms with Gasteiger partial charge in [-0.15, -0.1) is 0 Å². The average molecular weight is 191 g/mol. The van der Waals surface area contributed by atoms with Gasteiger partial charge in [0.1, 0.15) is 0 Å². The van der Waals surface area contributed by atoms with E-state index in [-0.39, 0.29) is 11.4 Å². The number of hydrogen-bond acceptors (Lipinski definition) is 4. The number of aromatic nitrogens is 1. The molecule has 1 aromatic rings. The third-order valence-corrected chi connectivity index (χ3v) is 1.35. The summed E-state index contributed by atoms with van der Waals surface area (Å²) in [7, 11) is 0. The zero-order chi connectivity index (χ0) is 10.4. The van der Waals surface area contributed by atoms with Crippen molar-refractivity contribution in [1.29, 1.82) is 0 Å². The summed E-state index contributed by atoms with van der Waals surface area (Å²) in [5.74, 6) is -0.978. The summed E-state index contributed by atoms with van der Waals surface area (Å²) < 4.78 is 0. The molecule has 7 nitrogen and oxygen atoms in total. The first-order valence-electron chi connectivity index (χ1n) is 3.52. The SMILES string of the molecule is [N-]=[N+]=NC(=O)C(=NO)c1ccccn1. The zero-order valence-electron chi connectivity index (χ0n) is 6.90. The van der Waals surface area contributed by atoms with Crippen molar-refractivity contribution < 1.29 is 10.0 Å². The van der Waals surface area contributed by atoms with Crippen LogP contribution in [0.4, 0.5) is 0 Å². The first-order chi connectivity index (χ1) is 6.79. The number of hydrogen-bond donors (Lipinski definition) is 1. The molecule has 0 aliphatic heterocycles. The maximum atomic E-state index is 11.0. The Bertz CT molecular complexity index is 407. The zero-order valence-corrected chi connectivity index (χ0v) is 6.90. The summed E-state index contributed by atoms with van der Waals surface area (Å²) in [5, 5.41) is 14.0. The fourth-order valence-electron chi connectivity index (χ4n) is 0.794. The second-order valence-electron chi connectivity index (χ2n) is 2.16. The third-order valence-electron chi connectivity index (χ3n) is 1.35. The van der Waals surface area contributed by atoms with Gasteiger partial charge in [-0.05, 0) is 22.8 Å². The van der Waals surface area contributed by atoms with Gasteiger partial charge in [0, 0.05) is 11.1 Å². The summed E-state index contributed by atoms with van der Waals surface area (Å²) >= 11 is 0. The molecule has 1 N–H and O–H groups in total. The molecule has 0 aliphatic rings. The van der Waals surface area contributed by atoms with Crippen LogP contribution >= 0.6 is 0 Å². The van der Waals surface area contributed by atoms with Gasteiger partial charge in [0.15, 0.2) is 5.71 Å². The van der Waals surface area contributed by atoms with Gasteiger partial charge in [0.25, 0.3) is 5.91 Å². The van der Waals surface area contributed by atoms with E-state index in [1.54, 1.807) is 12.1 Å². The lowest BCUT2D eigenvalue weighted by Crippen LogP contribution is -2.13. The predicted molar refractivity (Wildman–Crippen MR) is 46.7 cm³/mol. The monoisotopic (exact) mass is 191 g/mol. The van der Waals surface area contributed by atoms with Crippen LogP contribution in [-0.4, -0.2) is 21.8 Å². The Morgan fingerprint density at radius 1 is 1.57 bits per heavy atom. The molecule has 0 aromatic carbocycles. The molecule has 0 saturated heterocycles. The van der Waals surface area contributed by atoms with Crippen LogP contribution in [0.3, 0.4) is 0 Å². The molecule has 1 heterocycles. The quantitative estimate of drug-likeness (QED) is 0.188. The van der Waals surface area contributed by atoms with E-state index in [4.69, 9.17) is 10.7 Å². The lowest BCUT2D eigenvalue weighted by atomic mass is 10.2. The van der Waals surface area contributed by atoms with E-state index in [0.29, 0.717) is 0 Å². The first-order valence-corrected chi connectivity index (χ1v) is 3.52. The maximum Gasteiger partial charge on any atom is 0.273 e. The highest BCUT2D eigenvalue weighted by Gasteiger charge is 2.13. The number of carbonyl (C=O) groups excluding carboxylic acids is 1. The Kier molecular flexibility index (Phi) is 3.17. The van der Waals surface area contributed by atoms with Crippen LogP contribution in [0.2, 0.25) is 0 Å². The molecule has 14 heavy (non-hydrogen) atoms. The van der Waals surface area contributed by atoms with E-state index < -0.39 is 5.91 Å². The fourth-order valence-corrected chi connectivity index (χ4v) is 0.794. The Labute approximate surface area is 78.3 Å². The van der Waals surface area contributed by atoms with E-state index in [2.05, 4.69) is 20.2 Å². The molecule has 0 radical (unpaired) electrons. The highest BCUT2D eigenvalue weighted by Crippen LogP contribution is 1.98. The molecule has 0 bridgehead atoms. The first kappa shape index (κ1) is 9.69. The lowest BCUT2D eigenvalue weighted by Gasteiger charge is -1.96. The molecule has 0 spiro atoms. The van der Waals surface area contributed by atoms with Crippen LogP contribution in [0.1, 0.15) is 5.69 Å². The Morgan fingerprint density at radius 2 is 2.36 bits per heavy atom. The number of nitrogens with zero attached hydrogens (tertiary/aromatic N) is 5. The molecule has 1 amide bonds. The van der Waals surface area contributed by atoms with Gasteiger partial charge in [-0.1, -0.05) is 11.2 Å². The predicted octanol–water partition coefficient (Wildman–Crippen LogP) is 1.10. The van der Waals surface area contributed by atoms with Crippen molar-refractivity contribution in [2.75, 3.05) is 0 Å². The minimum atomic E-state index is -0.978. The van der Waals surface area contributed by atoms with Gasteiger partial charge < -0.3 is 5.21 Å². The van der Waals surface area contributed by atoms with Gasteiger partial charge in [-0.25, -0.2) is 0 Å². The van der Waals surface area contributed by atoms with Gasteiger partial charge in [0.05, 0.1) is 5.69 Å². The van der Waals surface area contributed by atoms with Crippen molar-refractivity contribution >= 4 is 11.6 Å². The second-order valence-corrected chi connectivity index (χ2v) is 2.16. The highest BCUT2D eigenvalue weighted by molar-refractivity contribution is 6.44. The van der Waals surface area contributed by atoms with Crippen molar-refractivity contribution in [1.82, 2.24) is 4.98 Å². The summed E-state index contributed by atoms with van der Waals surface area (Å²) in [6, 6.07) is 4.70. The number of carbonyl (C=O) groups is 1. The Morgan fingerprint density at radius 3 is 2.86 bits per heavy atom. The van der Waals surface area contributed by atoms with E-state index in [0.717, 1.165) is 0 Å². The van der Waals surface area contributed by atoms with Crippen LogP contribution in [0.15, 0.2) is 34.7 Å². The molecule has 1 rings (SSSR count). The molecule has 1 aromatic heterocycles. The minimum absolute atomic E-state index is 0.146. The van der Waals surface area contributed by atoms with Gasteiger partial charge in [-0.3, -0.25) is 9.78 Å². The molecule has 0 aliphatic carbocycles. The van der Waals surface area contributed by atoms with Gasteiger partial charge in [-0.2, -0.15) is 0 Å². The topological polar surface area (TPSA) is 111 Å². The normalized spacial score (nSPS) is 10.4. The Hall–Kier alpha value is -2.40. The molecule has 0 fully saturated rings. The molecule has 7 heteroatoms. The van der Waals surface area contributed by atoms with E-state index in [1.807, 2.05) is 0 Å². The standard InChI is InChI=1S/C7H5N5O2/c8-12-10-7(13)6(11-14)5-3-1-2-4-9-5/h1-4,14H. The maximum absolute atomic E-state index is 11.0. The fraction of sp³-hybridized carbons (Fsp3) is 0. The summed E-state index contributed by atoms with van der Waals surface area (Å²) in [6.07, 6.45) is 1.42. The van der Waals surface area contributed by atoms with E-state index >= 15 is 0 Å². The largest absolute Gasteiger partial charge is 0.410 e. The third kappa shape index (κ3) is 2.05. The number of azide groups is 1. The summed E-state index contributed by atoms with van der Waals surface area (Å²) in [5.41, 5.74) is 7.77. The van der Waals surface area contributed by atoms with E-state index in [1.165, 1.54) is 12.3 Å². The van der Waals surface area contributed by atoms with Crippen molar-refractivity contribution in [2.24, 2.45) is 10.3 Å². The van der Waals surface area contributed by atoms with Crippen LogP contribution in [0.5, 0.6) is 0 Å². The second kappa shape index (κ2) is 4.58. The number of oxime groups is 1. The van der Waals surface area contributed by atoms with Gasteiger partial charge >= 0.3 is 0 Å². The number of pyridine rings is 1. The number of amides is 1. The van der Waals surface area contributed by atoms with Crippen LogP contribution in [-0.2, 0) is 4.79 Å². The number of rotatable bonds is 2. The molecular weight excluding hydrogens is 186 g/mol. The molecule has 0 saturated carbocycles. The summed E-state index contributed by atoms with van der Waals surface area (Å²) in [6.45, 7) is 0. The van der Waals surface area contributed by atoms with E-state index in [9.17, 15) is 4.79 Å². The van der Waals surface area contributed by atoms with Crippen molar-refractivity contribution in [3.8, 4) is 0 Å². The average Bonchev–Trinajstić information content (AvgIpc) is 2.21. The minimum Gasteiger partial charge on any atom is -0.410 e. The van der Waals surface area contributed by atoms with Gasteiger partial charge in [0.2, 0.25) is 0 Å². The highest BCUT2D eigenvalue weighted by atomic mass is 16.4. The van der Waals surface area contributed by atoms with Crippen LogP contribution < -0.4 is 0 Å². The molecular formula is C7H5N5O2. The molecule has 0 unspecified atom stereocenters. The lowest BCUT2D eigenvalue weighted by molar-refractivity contribution is -0.112. The van der Waals surface area contributed by atoms with Crippen molar-refractivity contribution in [3.05, 3.63) is 40.5 Å². The summed E-state index contributed by atoms with van der Waals surface area (Å²) in [4.78, 5) is 17.1.